The average Bonchev–Trinajstić information content (AvgIpc) is 2.86. The van der Waals surface area contributed by atoms with Gasteiger partial charge in [0.25, 0.3) is 0 Å². The zero-order chi connectivity index (χ0) is 12.1. The van der Waals surface area contributed by atoms with E-state index >= 15 is 0 Å². The Morgan fingerprint density at radius 2 is 2.18 bits per heavy atom. The number of hydrogen-bond acceptors (Lipinski definition) is 6. The maximum atomic E-state index is 8.93. The van der Waals surface area contributed by atoms with Gasteiger partial charge in [-0.05, 0) is 29.5 Å². The predicted octanol–water partition coefficient (Wildman–Crippen LogP) is 1.46. The lowest BCUT2D eigenvalue weighted by Gasteiger charge is -2.00. The number of nitrogens with one attached hydrogen (secondary N) is 2. The van der Waals surface area contributed by atoms with Crippen LogP contribution in [0, 0.1) is 11.3 Å². The first-order valence-corrected chi connectivity index (χ1v) is 5.14. The number of tetrazole rings is 1. The fourth-order valence-corrected chi connectivity index (χ4v) is 1.28. The fraction of sp³-hybridized carbons (Fsp3) is 0. The summed E-state index contributed by atoms with van der Waals surface area (Å²) in [4.78, 5) is 0.873. The van der Waals surface area contributed by atoms with Gasteiger partial charge < -0.3 is 5.32 Å². The molecule has 2 rings (SSSR count). The minimum atomic E-state index is 0.255. The number of H-pyrrole nitrogens is 1. The first-order chi connectivity index (χ1) is 8.29. The second-order valence-electron chi connectivity index (χ2n) is 3.10. The summed E-state index contributed by atoms with van der Waals surface area (Å²) in [5.41, 5.74) is 1.15. The van der Waals surface area contributed by atoms with Crippen molar-refractivity contribution in [2.45, 2.75) is 4.90 Å². The summed E-state index contributed by atoms with van der Waals surface area (Å²) in [6.07, 6.45) is 1.53. The molecule has 7 heteroatoms. The molecule has 0 atom stereocenters. The molecule has 0 saturated heterocycles. The lowest BCUT2D eigenvalue weighted by molar-refractivity contribution is 0.881. The molecule has 0 aliphatic carbocycles. The van der Waals surface area contributed by atoms with Gasteiger partial charge in [0.15, 0.2) is 0 Å². The lowest BCUT2D eigenvalue weighted by Crippen LogP contribution is -1.92. The third-order valence-electron chi connectivity index (χ3n) is 1.96. The summed E-state index contributed by atoms with van der Waals surface area (Å²) in [5, 5.41) is 25.0. The van der Waals surface area contributed by atoms with Crippen molar-refractivity contribution in [3.05, 3.63) is 36.3 Å². The van der Waals surface area contributed by atoms with Gasteiger partial charge in [-0.15, -0.1) is 22.8 Å². The summed E-state index contributed by atoms with van der Waals surface area (Å²) in [6, 6.07) is 9.38. The van der Waals surface area contributed by atoms with Crippen molar-refractivity contribution in [2.24, 2.45) is 0 Å². The van der Waals surface area contributed by atoms with Crippen LogP contribution in [0.3, 0.4) is 0 Å². The minimum Gasteiger partial charge on any atom is -0.360 e. The van der Waals surface area contributed by atoms with Crippen LogP contribution in [-0.4, -0.2) is 20.6 Å². The van der Waals surface area contributed by atoms with Crippen LogP contribution in [0.15, 0.2) is 35.4 Å². The van der Waals surface area contributed by atoms with E-state index in [0.29, 0.717) is 5.57 Å². The molecular weight excluding hydrogens is 236 g/mol. The van der Waals surface area contributed by atoms with E-state index in [1.807, 2.05) is 30.3 Å². The highest BCUT2D eigenvalue weighted by atomic mass is 32.1. The normalized spacial score (nSPS) is 10.9. The second-order valence-corrected chi connectivity index (χ2v) is 3.61. The van der Waals surface area contributed by atoms with Crippen molar-refractivity contribution in [2.75, 3.05) is 5.32 Å². The van der Waals surface area contributed by atoms with E-state index in [4.69, 9.17) is 5.26 Å². The van der Waals surface area contributed by atoms with Crippen LogP contribution in [-0.2, 0) is 0 Å². The van der Waals surface area contributed by atoms with Crippen molar-refractivity contribution in [1.82, 2.24) is 20.6 Å². The van der Waals surface area contributed by atoms with Crippen LogP contribution >= 0.6 is 12.6 Å². The molecule has 1 aromatic carbocycles. The Kier molecular flexibility index (Phi) is 3.37. The lowest BCUT2D eigenvalue weighted by atomic mass is 10.3. The Hall–Kier alpha value is -2.33. The monoisotopic (exact) mass is 244 g/mol. The van der Waals surface area contributed by atoms with E-state index in [1.165, 1.54) is 6.20 Å². The van der Waals surface area contributed by atoms with Gasteiger partial charge >= 0.3 is 0 Å². The summed E-state index contributed by atoms with van der Waals surface area (Å²) in [6.45, 7) is 0. The van der Waals surface area contributed by atoms with Gasteiger partial charge in [0, 0.05) is 16.8 Å². The Balaban J connectivity index is 2.14. The zero-order valence-corrected chi connectivity index (χ0v) is 9.52. The van der Waals surface area contributed by atoms with E-state index in [1.54, 1.807) is 0 Å². The van der Waals surface area contributed by atoms with Crippen LogP contribution in [0.25, 0.3) is 5.57 Å². The highest BCUT2D eigenvalue weighted by Gasteiger charge is 2.04. The molecule has 0 fully saturated rings. The molecule has 0 saturated carbocycles. The number of aromatic amines is 1. The quantitative estimate of drug-likeness (QED) is 0.562. The van der Waals surface area contributed by atoms with Gasteiger partial charge in [0.05, 0.1) is 0 Å². The SMILES string of the molecule is N#CC(=CNc1ccc(S)cc1)c1nn[nH]n1. The molecule has 0 unspecified atom stereocenters. The Bertz CT molecular complexity index is 551. The molecule has 2 aromatic rings. The molecule has 1 aromatic heterocycles. The van der Waals surface area contributed by atoms with Gasteiger partial charge in [0.1, 0.15) is 11.6 Å². The van der Waals surface area contributed by atoms with Crippen LogP contribution in [0.2, 0.25) is 0 Å². The van der Waals surface area contributed by atoms with Gasteiger partial charge in [-0.25, -0.2) is 0 Å². The molecule has 1 heterocycles. The standard InChI is InChI=1S/C10H8N6S/c11-5-7(10-13-15-16-14-10)6-12-8-1-3-9(17)4-2-8/h1-4,6,12,17H,(H,13,14,15,16). The molecule has 0 radical (unpaired) electrons. The number of aromatic nitrogens is 4. The molecule has 0 bridgehead atoms. The summed E-state index contributed by atoms with van der Waals surface area (Å²) in [7, 11) is 0. The number of thiol groups is 1. The number of allylic oxidation sites excluding steroid dienone is 1. The molecule has 0 amide bonds. The molecule has 17 heavy (non-hydrogen) atoms. The first-order valence-electron chi connectivity index (χ1n) is 4.69. The van der Waals surface area contributed by atoms with Crippen LogP contribution in [0.4, 0.5) is 5.69 Å². The van der Waals surface area contributed by atoms with Crippen LogP contribution in [0.1, 0.15) is 5.82 Å². The molecule has 0 aliphatic heterocycles. The molecule has 2 N–H and O–H groups in total. The number of nitrogens with zero attached hydrogens (tertiary/aromatic N) is 4. The molecule has 6 nitrogen and oxygen atoms in total. The topological polar surface area (TPSA) is 90.3 Å². The van der Waals surface area contributed by atoms with Crippen molar-refractivity contribution in [1.29, 1.82) is 5.26 Å². The van der Waals surface area contributed by atoms with Crippen LogP contribution < -0.4 is 5.32 Å². The summed E-state index contributed by atoms with van der Waals surface area (Å²) >= 11 is 4.18. The third-order valence-corrected chi connectivity index (χ3v) is 2.26. The number of rotatable bonds is 3. The minimum absolute atomic E-state index is 0.255. The number of nitriles is 1. The van der Waals surface area contributed by atoms with Gasteiger partial charge in [-0.2, -0.15) is 10.5 Å². The van der Waals surface area contributed by atoms with Crippen molar-refractivity contribution in [3.8, 4) is 6.07 Å². The van der Waals surface area contributed by atoms with E-state index in [9.17, 15) is 0 Å². The largest absolute Gasteiger partial charge is 0.360 e. The van der Waals surface area contributed by atoms with Crippen molar-refractivity contribution in [3.63, 3.8) is 0 Å². The molecular formula is C10H8N6S. The first kappa shape index (κ1) is 11.2. The Morgan fingerprint density at radius 1 is 1.41 bits per heavy atom. The van der Waals surface area contributed by atoms with Crippen molar-refractivity contribution < 1.29 is 0 Å². The number of benzene rings is 1. The maximum Gasteiger partial charge on any atom is 0.216 e. The summed E-state index contributed by atoms with van der Waals surface area (Å²) < 4.78 is 0. The molecule has 0 aliphatic rings. The van der Waals surface area contributed by atoms with Crippen LogP contribution in [0.5, 0.6) is 0 Å². The second kappa shape index (κ2) is 5.14. The third kappa shape index (κ3) is 2.83. The van der Waals surface area contributed by atoms with E-state index < -0.39 is 0 Å². The average molecular weight is 244 g/mol. The Morgan fingerprint density at radius 3 is 2.76 bits per heavy atom. The van der Waals surface area contributed by atoms with Gasteiger partial charge in [-0.1, -0.05) is 0 Å². The highest BCUT2D eigenvalue weighted by Crippen LogP contribution is 2.13. The van der Waals surface area contributed by atoms with Gasteiger partial charge in [0.2, 0.25) is 5.82 Å². The fourth-order valence-electron chi connectivity index (χ4n) is 1.14. The Labute approximate surface area is 103 Å². The number of hydrogen-bond donors (Lipinski definition) is 3. The van der Waals surface area contributed by atoms with Gasteiger partial charge in [-0.3, -0.25) is 0 Å². The van der Waals surface area contributed by atoms with E-state index in [-0.39, 0.29) is 5.82 Å². The molecule has 0 spiro atoms. The highest BCUT2D eigenvalue weighted by molar-refractivity contribution is 7.80. The van der Waals surface area contributed by atoms with Crippen molar-refractivity contribution >= 4 is 23.9 Å². The predicted molar refractivity (Wildman–Crippen MR) is 65.1 cm³/mol. The zero-order valence-electron chi connectivity index (χ0n) is 8.62. The van der Waals surface area contributed by atoms with E-state index in [2.05, 4.69) is 38.6 Å². The number of anilines is 1. The smallest absolute Gasteiger partial charge is 0.216 e. The maximum absolute atomic E-state index is 8.93. The summed E-state index contributed by atoms with van der Waals surface area (Å²) in [5.74, 6) is 0.255. The van der Waals surface area contributed by atoms with E-state index in [0.717, 1.165) is 10.6 Å². The molecule has 84 valence electrons.